The van der Waals surface area contributed by atoms with Crippen LogP contribution in [0.25, 0.3) is 0 Å². The van der Waals surface area contributed by atoms with Gasteiger partial charge in [-0.3, -0.25) is 0 Å². The summed E-state index contributed by atoms with van der Waals surface area (Å²) in [5, 5.41) is 0. The molecule has 0 nitrogen and oxygen atoms in total. The van der Waals surface area contributed by atoms with E-state index in [4.69, 9.17) is 11.6 Å². The van der Waals surface area contributed by atoms with Crippen LogP contribution in [-0.2, 0) is 6.42 Å². The minimum absolute atomic E-state index is 0.166. The highest BCUT2D eigenvalue weighted by Gasteiger charge is 2.19. The highest BCUT2D eigenvalue weighted by molar-refractivity contribution is 6.18. The largest absolute Gasteiger partial charge is 0.207 e. The molecule has 0 spiro atoms. The molecule has 1 aromatic carbocycles. The standard InChI is InChI=1S/C11H13ClF2/c1-11(2,7-12)6-8-3-4-9(13)5-10(8)14/h3-5H,6-7H2,1-2H3. The lowest BCUT2D eigenvalue weighted by Gasteiger charge is -2.21. The average molecular weight is 219 g/mol. The molecule has 78 valence electrons. The Labute approximate surface area is 87.9 Å². The van der Waals surface area contributed by atoms with E-state index in [1.54, 1.807) is 0 Å². The van der Waals surface area contributed by atoms with Gasteiger partial charge in [-0.05, 0) is 23.5 Å². The second-order valence-corrected chi connectivity index (χ2v) is 4.48. The van der Waals surface area contributed by atoms with Gasteiger partial charge in [-0.25, -0.2) is 8.78 Å². The third-order valence-corrected chi connectivity index (χ3v) is 2.77. The van der Waals surface area contributed by atoms with E-state index < -0.39 is 11.6 Å². The van der Waals surface area contributed by atoms with Crippen LogP contribution in [-0.4, -0.2) is 5.88 Å². The molecule has 0 unspecified atom stereocenters. The first-order valence-electron chi connectivity index (χ1n) is 4.44. The van der Waals surface area contributed by atoms with Gasteiger partial charge in [0.1, 0.15) is 11.6 Å². The van der Waals surface area contributed by atoms with Gasteiger partial charge in [0.25, 0.3) is 0 Å². The summed E-state index contributed by atoms with van der Waals surface area (Å²) in [6.45, 7) is 3.89. The van der Waals surface area contributed by atoms with E-state index in [9.17, 15) is 8.78 Å². The average Bonchev–Trinajstić information content (AvgIpc) is 2.10. The van der Waals surface area contributed by atoms with Gasteiger partial charge in [0.2, 0.25) is 0 Å². The Morgan fingerprint density at radius 1 is 1.29 bits per heavy atom. The Hall–Kier alpha value is -0.630. The number of hydrogen-bond acceptors (Lipinski definition) is 0. The molecule has 14 heavy (non-hydrogen) atoms. The quantitative estimate of drug-likeness (QED) is 0.678. The van der Waals surface area contributed by atoms with Crippen LogP contribution in [0.3, 0.4) is 0 Å². The molecule has 0 saturated heterocycles. The topological polar surface area (TPSA) is 0 Å². The molecular weight excluding hydrogens is 206 g/mol. The van der Waals surface area contributed by atoms with Crippen molar-refractivity contribution in [1.29, 1.82) is 0 Å². The summed E-state index contributed by atoms with van der Waals surface area (Å²) in [7, 11) is 0. The van der Waals surface area contributed by atoms with E-state index in [0.29, 0.717) is 17.9 Å². The summed E-state index contributed by atoms with van der Waals surface area (Å²) in [5.74, 6) is -0.595. The maximum Gasteiger partial charge on any atom is 0.129 e. The summed E-state index contributed by atoms with van der Waals surface area (Å²) in [6, 6.07) is 3.64. The molecule has 0 fully saturated rings. The van der Waals surface area contributed by atoms with Crippen molar-refractivity contribution in [3.8, 4) is 0 Å². The molecule has 0 aliphatic rings. The molecule has 0 amide bonds. The van der Waals surface area contributed by atoms with Crippen LogP contribution in [0.5, 0.6) is 0 Å². The second kappa shape index (κ2) is 4.26. The number of halogens is 3. The summed E-state index contributed by atoms with van der Waals surface area (Å²) in [5.41, 5.74) is 0.345. The lowest BCUT2D eigenvalue weighted by atomic mass is 9.88. The highest BCUT2D eigenvalue weighted by atomic mass is 35.5. The molecular formula is C11H13ClF2. The van der Waals surface area contributed by atoms with Crippen molar-refractivity contribution in [3.05, 3.63) is 35.4 Å². The van der Waals surface area contributed by atoms with Gasteiger partial charge in [-0.2, -0.15) is 0 Å². The van der Waals surface area contributed by atoms with Gasteiger partial charge in [0, 0.05) is 11.9 Å². The Kier molecular flexibility index (Phi) is 3.48. The fourth-order valence-electron chi connectivity index (χ4n) is 1.23. The molecule has 0 radical (unpaired) electrons. The molecule has 0 atom stereocenters. The van der Waals surface area contributed by atoms with E-state index >= 15 is 0 Å². The van der Waals surface area contributed by atoms with E-state index in [2.05, 4.69) is 0 Å². The monoisotopic (exact) mass is 218 g/mol. The number of alkyl halides is 1. The zero-order valence-electron chi connectivity index (χ0n) is 8.28. The maximum atomic E-state index is 13.2. The van der Waals surface area contributed by atoms with Crippen molar-refractivity contribution < 1.29 is 8.78 Å². The molecule has 0 aliphatic carbocycles. The predicted octanol–water partition coefficient (Wildman–Crippen LogP) is 3.77. The lowest BCUT2D eigenvalue weighted by molar-refractivity contribution is 0.407. The van der Waals surface area contributed by atoms with Crippen molar-refractivity contribution in [1.82, 2.24) is 0 Å². The van der Waals surface area contributed by atoms with Crippen molar-refractivity contribution in [3.63, 3.8) is 0 Å². The highest BCUT2D eigenvalue weighted by Crippen LogP contribution is 2.24. The third kappa shape index (κ3) is 2.95. The SMILES string of the molecule is CC(C)(CCl)Cc1ccc(F)cc1F. The molecule has 0 bridgehead atoms. The Balaban J connectivity index is 2.87. The summed E-state index contributed by atoms with van der Waals surface area (Å²) in [6.07, 6.45) is 0.516. The number of hydrogen-bond donors (Lipinski definition) is 0. The van der Waals surface area contributed by atoms with Gasteiger partial charge >= 0.3 is 0 Å². The zero-order valence-corrected chi connectivity index (χ0v) is 9.04. The normalized spacial score (nSPS) is 11.8. The van der Waals surface area contributed by atoms with E-state index in [1.807, 2.05) is 13.8 Å². The fraction of sp³-hybridized carbons (Fsp3) is 0.455. The van der Waals surface area contributed by atoms with Crippen molar-refractivity contribution in [2.45, 2.75) is 20.3 Å². The molecule has 0 aliphatic heterocycles. The molecule has 3 heteroatoms. The molecule has 0 saturated carbocycles. The van der Waals surface area contributed by atoms with Crippen molar-refractivity contribution in [2.24, 2.45) is 5.41 Å². The van der Waals surface area contributed by atoms with Gasteiger partial charge in [0.05, 0.1) is 0 Å². The molecule has 1 aromatic rings. The van der Waals surface area contributed by atoms with Crippen LogP contribution in [0, 0.1) is 17.0 Å². The summed E-state index contributed by atoms with van der Waals surface area (Å²) in [4.78, 5) is 0. The van der Waals surface area contributed by atoms with Gasteiger partial charge in [-0.15, -0.1) is 11.6 Å². The number of rotatable bonds is 3. The lowest BCUT2D eigenvalue weighted by Crippen LogP contribution is -2.17. The summed E-state index contributed by atoms with van der Waals surface area (Å²) >= 11 is 5.73. The first kappa shape index (κ1) is 11.4. The van der Waals surface area contributed by atoms with Crippen LogP contribution in [0.1, 0.15) is 19.4 Å². The number of benzene rings is 1. The second-order valence-electron chi connectivity index (χ2n) is 4.21. The van der Waals surface area contributed by atoms with E-state index in [0.717, 1.165) is 6.07 Å². The Bertz CT molecular complexity index is 321. The molecule has 0 aromatic heterocycles. The minimum Gasteiger partial charge on any atom is -0.207 e. The molecule has 0 N–H and O–H groups in total. The smallest absolute Gasteiger partial charge is 0.129 e. The summed E-state index contributed by atoms with van der Waals surface area (Å²) < 4.78 is 25.8. The van der Waals surface area contributed by atoms with Gasteiger partial charge in [0.15, 0.2) is 0 Å². The fourth-order valence-corrected chi connectivity index (χ4v) is 1.32. The Morgan fingerprint density at radius 3 is 2.43 bits per heavy atom. The Morgan fingerprint density at radius 2 is 1.93 bits per heavy atom. The van der Waals surface area contributed by atoms with Crippen LogP contribution in [0.4, 0.5) is 8.78 Å². The van der Waals surface area contributed by atoms with Crippen molar-refractivity contribution in [2.75, 3.05) is 5.88 Å². The van der Waals surface area contributed by atoms with Crippen LogP contribution in [0.2, 0.25) is 0 Å². The first-order valence-corrected chi connectivity index (χ1v) is 4.98. The third-order valence-electron chi connectivity index (χ3n) is 2.05. The van der Waals surface area contributed by atoms with Crippen molar-refractivity contribution >= 4 is 11.6 Å². The van der Waals surface area contributed by atoms with E-state index in [1.165, 1.54) is 12.1 Å². The first-order chi connectivity index (χ1) is 6.44. The predicted molar refractivity (Wildman–Crippen MR) is 54.6 cm³/mol. The van der Waals surface area contributed by atoms with Gasteiger partial charge in [-0.1, -0.05) is 19.9 Å². The van der Waals surface area contributed by atoms with E-state index in [-0.39, 0.29) is 5.41 Å². The molecule has 0 heterocycles. The maximum absolute atomic E-state index is 13.2. The van der Waals surface area contributed by atoms with Crippen LogP contribution >= 0.6 is 11.6 Å². The zero-order chi connectivity index (χ0) is 10.8. The van der Waals surface area contributed by atoms with Crippen LogP contribution in [0.15, 0.2) is 18.2 Å². The minimum atomic E-state index is -0.546. The van der Waals surface area contributed by atoms with Crippen LogP contribution < -0.4 is 0 Å². The van der Waals surface area contributed by atoms with Gasteiger partial charge < -0.3 is 0 Å². The molecule has 1 rings (SSSR count).